The quantitative estimate of drug-likeness (QED) is 0.444. The third-order valence-electron chi connectivity index (χ3n) is 3.74. The molecule has 152 valence electrons. The lowest BCUT2D eigenvalue weighted by atomic mass is 10.3. The molecule has 2 N–H and O–H groups in total. The van der Waals surface area contributed by atoms with Crippen LogP contribution in [-0.2, 0) is 20.0 Å². The van der Waals surface area contributed by atoms with Crippen molar-refractivity contribution < 1.29 is 16.8 Å². The maximum absolute atomic E-state index is 12.7. The van der Waals surface area contributed by atoms with Crippen LogP contribution in [0.5, 0.6) is 0 Å². The van der Waals surface area contributed by atoms with Crippen LogP contribution in [0.15, 0.2) is 81.0 Å². The number of para-hydroxylation sites is 1. The average molecular weight is 536 g/mol. The highest BCUT2D eigenvalue weighted by Crippen LogP contribution is 2.31. The highest BCUT2D eigenvalue weighted by Gasteiger charge is 2.22. The highest BCUT2D eigenvalue weighted by molar-refractivity contribution is 9.10. The molecule has 0 aromatic heterocycles. The molecule has 0 saturated heterocycles. The van der Waals surface area contributed by atoms with Gasteiger partial charge in [-0.25, -0.2) is 16.8 Å². The maximum atomic E-state index is 12.7. The van der Waals surface area contributed by atoms with Crippen molar-refractivity contribution in [2.24, 2.45) is 0 Å². The van der Waals surface area contributed by atoms with Gasteiger partial charge in [0.25, 0.3) is 20.0 Å². The van der Waals surface area contributed by atoms with Gasteiger partial charge in [-0.1, -0.05) is 47.5 Å². The van der Waals surface area contributed by atoms with Crippen LogP contribution >= 0.6 is 39.1 Å². The molecule has 0 radical (unpaired) electrons. The molecule has 0 unspecified atom stereocenters. The Labute approximate surface area is 187 Å². The number of anilines is 2. The third-order valence-corrected chi connectivity index (χ3v) is 8.14. The highest BCUT2D eigenvalue weighted by atomic mass is 79.9. The van der Waals surface area contributed by atoms with Crippen molar-refractivity contribution in [3.63, 3.8) is 0 Å². The van der Waals surface area contributed by atoms with E-state index in [2.05, 4.69) is 25.4 Å². The summed E-state index contributed by atoms with van der Waals surface area (Å²) in [6.45, 7) is 0. The van der Waals surface area contributed by atoms with E-state index >= 15 is 0 Å². The van der Waals surface area contributed by atoms with E-state index in [1.165, 1.54) is 24.3 Å². The molecule has 6 nitrogen and oxygen atoms in total. The molecule has 0 heterocycles. The Morgan fingerprint density at radius 2 is 1.28 bits per heavy atom. The Bertz CT molecular complexity index is 1280. The minimum absolute atomic E-state index is 0.0153. The first-order valence-corrected chi connectivity index (χ1v) is 12.5. The summed E-state index contributed by atoms with van der Waals surface area (Å²) in [6.07, 6.45) is 0. The number of sulfonamides is 2. The van der Waals surface area contributed by atoms with Gasteiger partial charge in [-0.2, -0.15) is 0 Å². The molecule has 0 aliphatic carbocycles. The molecule has 11 heteroatoms. The van der Waals surface area contributed by atoms with Crippen molar-refractivity contribution in [2.75, 3.05) is 9.44 Å². The van der Waals surface area contributed by atoms with Crippen molar-refractivity contribution >= 4 is 70.6 Å². The van der Waals surface area contributed by atoms with E-state index in [0.717, 1.165) is 6.07 Å². The molecular weight excluding hydrogens is 523 g/mol. The van der Waals surface area contributed by atoms with E-state index in [0.29, 0.717) is 4.47 Å². The first kappa shape index (κ1) is 21.9. The van der Waals surface area contributed by atoms with Crippen molar-refractivity contribution in [1.82, 2.24) is 0 Å². The summed E-state index contributed by atoms with van der Waals surface area (Å²) in [5, 5.41) is 0.261. The SMILES string of the molecule is O=S(=O)(Nc1ccccc1Cl)c1ccc(Cl)c(NS(=O)(=O)c2ccccc2Br)c1. The van der Waals surface area contributed by atoms with Gasteiger partial charge >= 0.3 is 0 Å². The molecule has 3 rings (SSSR count). The summed E-state index contributed by atoms with van der Waals surface area (Å²) in [6, 6.07) is 16.2. The summed E-state index contributed by atoms with van der Waals surface area (Å²) in [7, 11) is -8.05. The predicted molar refractivity (Wildman–Crippen MR) is 119 cm³/mol. The van der Waals surface area contributed by atoms with Gasteiger partial charge in [-0.15, -0.1) is 0 Å². The summed E-state index contributed by atoms with van der Waals surface area (Å²) < 4.78 is 55.8. The smallest absolute Gasteiger partial charge is 0.263 e. The van der Waals surface area contributed by atoms with Crippen LogP contribution in [-0.4, -0.2) is 16.8 Å². The van der Waals surface area contributed by atoms with E-state index in [9.17, 15) is 16.8 Å². The minimum Gasteiger partial charge on any atom is -0.278 e. The molecule has 0 saturated carbocycles. The van der Waals surface area contributed by atoms with Gasteiger partial charge in [0.05, 0.1) is 26.3 Å². The van der Waals surface area contributed by atoms with Crippen LogP contribution in [0, 0.1) is 0 Å². The van der Waals surface area contributed by atoms with E-state index < -0.39 is 20.0 Å². The minimum atomic E-state index is -4.04. The summed E-state index contributed by atoms with van der Waals surface area (Å²) in [4.78, 5) is -0.204. The Morgan fingerprint density at radius 3 is 1.97 bits per heavy atom. The standard InChI is InChI=1S/C18H13BrCl2N2O4S2/c19-13-5-1-4-8-18(13)29(26,27)23-17-11-12(9-10-15(17)21)28(24,25)22-16-7-3-2-6-14(16)20/h1-11,22-23H. The van der Waals surface area contributed by atoms with E-state index in [1.807, 2.05) is 0 Å². The lowest BCUT2D eigenvalue weighted by molar-refractivity contribution is 0.598. The monoisotopic (exact) mass is 534 g/mol. The Morgan fingerprint density at radius 1 is 0.690 bits per heavy atom. The molecular formula is C18H13BrCl2N2O4S2. The van der Waals surface area contributed by atoms with Gasteiger partial charge in [-0.05, 0) is 58.4 Å². The number of rotatable bonds is 6. The second-order valence-electron chi connectivity index (χ2n) is 5.76. The Balaban J connectivity index is 1.96. The maximum Gasteiger partial charge on any atom is 0.263 e. The van der Waals surface area contributed by atoms with Gasteiger partial charge in [0.15, 0.2) is 0 Å². The molecule has 0 amide bonds. The van der Waals surface area contributed by atoms with Gasteiger partial charge in [0.2, 0.25) is 0 Å². The first-order chi connectivity index (χ1) is 13.6. The third kappa shape index (κ3) is 5.04. The van der Waals surface area contributed by atoms with E-state index in [1.54, 1.807) is 36.4 Å². The van der Waals surface area contributed by atoms with Crippen LogP contribution in [0.2, 0.25) is 10.0 Å². The molecule has 0 atom stereocenters. The average Bonchev–Trinajstić information content (AvgIpc) is 2.65. The first-order valence-electron chi connectivity index (χ1n) is 7.94. The fourth-order valence-corrected chi connectivity index (χ4v) is 6.00. The van der Waals surface area contributed by atoms with Gasteiger partial charge in [0, 0.05) is 4.47 Å². The predicted octanol–water partition coefficient (Wildman–Crippen LogP) is 5.36. The normalized spacial score (nSPS) is 11.8. The van der Waals surface area contributed by atoms with Crippen molar-refractivity contribution in [3.05, 3.63) is 81.2 Å². The zero-order chi connectivity index (χ0) is 21.2. The fourth-order valence-electron chi connectivity index (χ4n) is 2.36. The van der Waals surface area contributed by atoms with Crippen molar-refractivity contribution in [3.8, 4) is 0 Å². The second-order valence-corrected chi connectivity index (χ2v) is 10.8. The summed E-state index contributed by atoms with van der Waals surface area (Å²) >= 11 is 15.3. The van der Waals surface area contributed by atoms with Gasteiger partial charge < -0.3 is 0 Å². The van der Waals surface area contributed by atoms with Crippen LogP contribution < -0.4 is 9.44 Å². The van der Waals surface area contributed by atoms with Gasteiger partial charge in [0.1, 0.15) is 4.90 Å². The van der Waals surface area contributed by atoms with E-state index in [4.69, 9.17) is 23.2 Å². The molecule has 3 aromatic rings. The molecule has 29 heavy (non-hydrogen) atoms. The van der Waals surface area contributed by atoms with Crippen molar-refractivity contribution in [2.45, 2.75) is 9.79 Å². The summed E-state index contributed by atoms with van der Waals surface area (Å²) in [5.41, 5.74) is 0.115. The van der Waals surface area contributed by atoms with Crippen LogP contribution in [0.3, 0.4) is 0 Å². The number of benzene rings is 3. The zero-order valence-corrected chi connectivity index (χ0v) is 19.2. The topological polar surface area (TPSA) is 92.3 Å². The van der Waals surface area contributed by atoms with Crippen LogP contribution in [0.4, 0.5) is 11.4 Å². The second kappa shape index (κ2) is 8.53. The Kier molecular flexibility index (Phi) is 6.45. The Hall–Kier alpha value is -1.78. The number of halogens is 3. The van der Waals surface area contributed by atoms with E-state index in [-0.39, 0.29) is 31.2 Å². The number of hydrogen-bond acceptors (Lipinski definition) is 4. The largest absolute Gasteiger partial charge is 0.278 e. The van der Waals surface area contributed by atoms with Gasteiger partial charge in [-0.3, -0.25) is 9.44 Å². The van der Waals surface area contributed by atoms with Crippen LogP contribution in [0.25, 0.3) is 0 Å². The van der Waals surface area contributed by atoms with Crippen LogP contribution in [0.1, 0.15) is 0 Å². The fraction of sp³-hybridized carbons (Fsp3) is 0. The molecule has 0 aliphatic rings. The molecule has 0 bridgehead atoms. The summed E-state index contributed by atoms with van der Waals surface area (Å²) in [5.74, 6) is 0. The molecule has 3 aromatic carbocycles. The van der Waals surface area contributed by atoms with Crippen molar-refractivity contribution in [1.29, 1.82) is 0 Å². The zero-order valence-electron chi connectivity index (χ0n) is 14.4. The molecule has 0 fully saturated rings. The molecule has 0 spiro atoms. The number of hydrogen-bond donors (Lipinski definition) is 2. The lowest BCUT2D eigenvalue weighted by Crippen LogP contribution is -2.16. The number of nitrogens with one attached hydrogen (secondary N) is 2. The molecule has 0 aliphatic heterocycles. The lowest BCUT2D eigenvalue weighted by Gasteiger charge is -2.14.